The first-order valence-electron chi connectivity index (χ1n) is 8.10. The summed E-state index contributed by atoms with van der Waals surface area (Å²) in [5.74, 6) is 0.500. The van der Waals surface area contributed by atoms with Crippen molar-refractivity contribution in [1.82, 2.24) is 4.31 Å². The molecule has 1 unspecified atom stereocenters. The van der Waals surface area contributed by atoms with Crippen LogP contribution in [0.2, 0.25) is 0 Å². The molecule has 0 aromatic carbocycles. The van der Waals surface area contributed by atoms with Gasteiger partial charge in [-0.2, -0.15) is 0 Å². The van der Waals surface area contributed by atoms with E-state index in [1.807, 2.05) is 0 Å². The van der Waals surface area contributed by atoms with Crippen LogP contribution in [0.1, 0.15) is 57.8 Å². The van der Waals surface area contributed by atoms with Crippen LogP contribution >= 0.6 is 0 Å². The van der Waals surface area contributed by atoms with Crippen molar-refractivity contribution in [1.29, 1.82) is 0 Å². The molecule has 2 rings (SSSR count). The van der Waals surface area contributed by atoms with Crippen molar-refractivity contribution in [2.45, 2.75) is 57.8 Å². The zero-order valence-corrected chi connectivity index (χ0v) is 13.6. The predicted molar refractivity (Wildman–Crippen MR) is 82.9 cm³/mol. The number of sulfonamides is 1. The van der Waals surface area contributed by atoms with Crippen molar-refractivity contribution < 1.29 is 8.42 Å². The van der Waals surface area contributed by atoms with E-state index >= 15 is 0 Å². The minimum absolute atomic E-state index is 0.279. The summed E-state index contributed by atoms with van der Waals surface area (Å²) < 4.78 is 25.1. The van der Waals surface area contributed by atoms with Crippen LogP contribution in [0.15, 0.2) is 0 Å². The maximum absolute atomic E-state index is 11.7. The molecule has 2 fully saturated rings. The number of nitrogens with two attached hydrogens (primary N) is 1. The molecular weight excluding hydrogens is 272 g/mol. The average Bonchev–Trinajstić information content (AvgIpc) is 2.64. The molecular formula is C15H30N2O2S. The first kappa shape index (κ1) is 16.2. The van der Waals surface area contributed by atoms with Crippen LogP contribution in [0.25, 0.3) is 0 Å². The van der Waals surface area contributed by atoms with E-state index in [2.05, 4.69) is 0 Å². The molecule has 4 nitrogen and oxygen atoms in total. The SMILES string of the molecule is CS(=O)(=O)N1CCCC(CC2(CN)CCCCCC2)C1. The lowest BCUT2D eigenvalue weighted by Gasteiger charge is -2.39. The zero-order chi connectivity index (χ0) is 14.6. The summed E-state index contributed by atoms with van der Waals surface area (Å²) >= 11 is 0. The van der Waals surface area contributed by atoms with Crippen LogP contribution in [0.5, 0.6) is 0 Å². The number of piperidine rings is 1. The average molecular weight is 302 g/mol. The number of hydrogen-bond acceptors (Lipinski definition) is 3. The fraction of sp³-hybridized carbons (Fsp3) is 1.00. The lowest BCUT2D eigenvalue weighted by molar-refractivity contribution is 0.149. The fourth-order valence-corrected chi connectivity index (χ4v) is 5.02. The second kappa shape index (κ2) is 6.75. The minimum atomic E-state index is -3.03. The van der Waals surface area contributed by atoms with E-state index in [9.17, 15) is 8.42 Å². The van der Waals surface area contributed by atoms with Gasteiger partial charge in [-0.05, 0) is 50.0 Å². The largest absolute Gasteiger partial charge is 0.330 e. The third kappa shape index (κ3) is 4.18. The highest BCUT2D eigenvalue weighted by Gasteiger charge is 2.35. The Balaban J connectivity index is 1.99. The zero-order valence-electron chi connectivity index (χ0n) is 12.8. The Morgan fingerprint density at radius 1 is 1.15 bits per heavy atom. The molecule has 20 heavy (non-hydrogen) atoms. The molecule has 0 amide bonds. The summed E-state index contributed by atoms with van der Waals surface area (Å²) in [7, 11) is -3.03. The molecule has 0 spiro atoms. The molecule has 1 aliphatic heterocycles. The summed E-state index contributed by atoms with van der Waals surface area (Å²) in [6, 6.07) is 0. The van der Waals surface area contributed by atoms with Gasteiger partial charge in [-0.15, -0.1) is 0 Å². The maximum Gasteiger partial charge on any atom is 0.211 e. The number of rotatable bonds is 4. The Morgan fingerprint density at radius 3 is 2.35 bits per heavy atom. The molecule has 2 aliphatic rings. The quantitative estimate of drug-likeness (QED) is 0.811. The Hall–Kier alpha value is -0.130. The van der Waals surface area contributed by atoms with Crippen molar-refractivity contribution in [3.05, 3.63) is 0 Å². The van der Waals surface area contributed by atoms with Gasteiger partial charge in [0.25, 0.3) is 0 Å². The molecule has 0 radical (unpaired) electrons. The summed E-state index contributed by atoms with van der Waals surface area (Å²) in [5, 5.41) is 0. The summed E-state index contributed by atoms with van der Waals surface area (Å²) in [5.41, 5.74) is 6.39. The second-order valence-electron chi connectivity index (χ2n) is 6.95. The van der Waals surface area contributed by atoms with Crippen molar-refractivity contribution in [2.24, 2.45) is 17.1 Å². The first-order valence-corrected chi connectivity index (χ1v) is 9.95. The van der Waals surface area contributed by atoms with Gasteiger partial charge in [0.1, 0.15) is 0 Å². The normalized spacial score (nSPS) is 29.0. The van der Waals surface area contributed by atoms with Crippen LogP contribution in [-0.4, -0.2) is 38.6 Å². The van der Waals surface area contributed by atoms with Gasteiger partial charge >= 0.3 is 0 Å². The van der Waals surface area contributed by atoms with Crippen LogP contribution in [-0.2, 0) is 10.0 Å². The van der Waals surface area contributed by atoms with Crippen LogP contribution in [0.3, 0.4) is 0 Å². The van der Waals surface area contributed by atoms with Gasteiger partial charge in [-0.25, -0.2) is 12.7 Å². The fourth-order valence-electron chi connectivity index (χ4n) is 4.08. The monoisotopic (exact) mass is 302 g/mol. The molecule has 5 heteroatoms. The Kier molecular flexibility index (Phi) is 5.49. The van der Waals surface area contributed by atoms with Crippen molar-refractivity contribution in [3.63, 3.8) is 0 Å². The molecule has 0 bridgehead atoms. The topological polar surface area (TPSA) is 63.4 Å². The van der Waals surface area contributed by atoms with Gasteiger partial charge in [0.2, 0.25) is 10.0 Å². The maximum atomic E-state index is 11.7. The molecule has 1 heterocycles. The van der Waals surface area contributed by atoms with E-state index in [1.54, 1.807) is 4.31 Å². The number of nitrogens with zero attached hydrogens (tertiary/aromatic N) is 1. The standard InChI is InChI=1S/C15H30N2O2S/c1-20(18,19)17-10-6-7-14(12-17)11-15(13-16)8-4-2-3-5-9-15/h14H,2-13,16H2,1H3. The Labute approximate surface area is 124 Å². The minimum Gasteiger partial charge on any atom is -0.330 e. The second-order valence-corrected chi connectivity index (χ2v) is 8.93. The van der Waals surface area contributed by atoms with Gasteiger partial charge in [-0.1, -0.05) is 25.7 Å². The Bertz CT molecular complexity index is 400. The van der Waals surface area contributed by atoms with Gasteiger partial charge in [0.05, 0.1) is 6.26 Å². The van der Waals surface area contributed by atoms with Gasteiger partial charge < -0.3 is 5.73 Å². The van der Waals surface area contributed by atoms with Gasteiger partial charge in [0, 0.05) is 13.1 Å². The van der Waals surface area contributed by atoms with Crippen molar-refractivity contribution >= 4 is 10.0 Å². The lowest BCUT2D eigenvalue weighted by Crippen LogP contribution is -2.42. The third-order valence-electron chi connectivity index (χ3n) is 5.27. The molecule has 1 saturated heterocycles. The smallest absolute Gasteiger partial charge is 0.211 e. The third-order valence-corrected chi connectivity index (χ3v) is 6.54. The van der Waals surface area contributed by atoms with Gasteiger partial charge in [0.15, 0.2) is 0 Å². The highest BCUT2D eigenvalue weighted by Crippen LogP contribution is 2.41. The van der Waals surface area contributed by atoms with Crippen molar-refractivity contribution in [3.8, 4) is 0 Å². The molecule has 1 atom stereocenters. The Morgan fingerprint density at radius 2 is 1.80 bits per heavy atom. The van der Waals surface area contributed by atoms with Crippen molar-refractivity contribution in [2.75, 3.05) is 25.9 Å². The molecule has 0 aromatic heterocycles. The first-order chi connectivity index (χ1) is 9.45. The van der Waals surface area contributed by atoms with Crippen LogP contribution < -0.4 is 5.73 Å². The molecule has 118 valence electrons. The van der Waals surface area contributed by atoms with E-state index in [0.717, 1.165) is 25.8 Å². The summed E-state index contributed by atoms with van der Waals surface area (Å²) in [6.07, 6.45) is 12.3. The van der Waals surface area contributed by atoms with E-state index in [0.29, 0.717) is 19.0 Å². The van der Waals surface area contributed by atoms with Gasteiger partial charge in [-0.3, -0.25) is 0 Å². The van der Waals surface area contributed by atoms with E-state index in [-0.39, 0.29) is 5.41 Å². The number of hydrogen-bond donors (Lipinski definition) is 1. The van der Waals surface area contributed by atoms with E-state index < -0.39 is 10.0 Å². The van der Waals surface area contributed by atoms with E-state index in [4.69, 9.17) is 5.73 Å². The molecule has 1 aliphatic carbocycles. The lowest BCUT2D eigenvalue weighted by atomic mass is 9.72. The highest BCUT2D eigenvalue weighted by molar-refractivity contribution is 7.88. The summed E-state index contributed by atoms with van der Waals surface area (Å²) in [4.78, 5) is 0. The van der Waals surface area contributed by atoms with Crippen LogP contribution in [0, 0.1) is 11.3 Å². The predicted octanol–water partition coefficient (Wildman–Crippen LogP) is 2.35. The molecule has 0 aromatic rings. The van der Waals surface area contributed by atoms with Crippen LogP contribution in [0.4, 0.5) is 0 Å². The summed E-state index contributed by atoms with van der Waals surface area (Å²) in [6.45, 7) is 2.17. The molecule has 1 saturated carbocycles. The molecule has 2 N–H and O–H groups in total. The van der Waals surface area contributed by atoms with E-state index in [1.165, 1.54) is 44.8 Å². The highest BCUT2D eigenvalue weighted by atomic mass is 32.2.